The van der Waals surface area contributed by atoms with Crippen LogP contribution in [0.2, 0.25) is 0 Å². The monoisotopic (exact) mass is 432 g/mol. The first kappa shape index (κ1) is 21.0. The van der Waals surface area contributed by atoms with Crippen LogP contribution in [0.25, 0.3) is 10.6 Å². The molecule has 0 radical (unpaired) electrons. The number of hydrogen-bond acceptors (Lipinski definition) is 7. The molecular formula is C20H20N2O5S2. The molecule has 0 unspecified atom stereocenters. The van der Waals surface area contributed by atoms with Gasteiger partial charge in [-0.25, -0.2) is 22.9 Å². The fourth-order valence-corrected chi connectivity index (χ4v) is 4.44. The minimum absolute atomic E-state index is 0.0104. The van der Waals surface area contributed by atoms with Gasteiger partial charge in [0.05, 0.1) is 23.3 Å². The molecule has 0 aliphatic carbocycles. The predicted molar refractivity (Wildman–Crippen MR) is 111 cm³/mol. The fraction of sp³-hybridized carbons (Fsp3) is 0.200. The standard InChI is InChI=1S/C20H20N2O5S2/c1-3-21-29(24,25)18-9-5-7-15(11-18)20(23)27-12-16-13-28-19(22-16)14-6-4-8-17(10-14)26-2/h4-11,13,21H,3,12H2,1-2H3. The molecule has 0 amide bonds. The molecule has 29 heavy (non-hydrogen) atoms. The molecule has 152 valence electrons. The lowest BCUT2D eigenvalue weighted by Gasteiger charge is -2.07. The normalized spacial score (nSPS) is 11.2. The fourth-order valence-electron chi connectivity index (χ4n) is 2.55. The van der Waals surface area contributed by atoms with Gasteiger partial charge in [0, 0.05) is 17.5 Å². The van der Waals surface area contributed by atoms with Gasteiger partial charge in [-0.15, -0.1) is 11.3 Å². The van der Waals surface area contributed by atoms with Crippen molar-refractivity contribution in [3.63, 3.8) is 0 Å². The molecule has 7 nitrogen and oxygen atoms in total. The SMILES string of the molecule is CCNS(=O)(=O)c1cccc(C(=O)OCc2csc(-c3cccc(OC)c3)n2)c1. The van der Waals surface area contributed by atoms with Crippen molar-refractivity contribution in [2.75, 3.05) is 13.7 Å². The lowest BCUT2D eigenvalue weighted by Crippen LogP contribution is -2.23. The number of nitrogens with zero attached hydrogens (tertiary/aromatic N) is 1. The highest BCUT2D eigenvalue weighted by atomic mass is 32.2. The van der Waals surface area contributed by atoms with Crippen LogP contribution in [0.15, 0.2) is 58.8 Å². The molecule has 1 N–H and O–H groups in total. The molecule has 3 aromatic rings. The van der Waals surface area contributed by atoms with Gasteiger partial charge in [0.2, 0.25) is 10.0 Å². The minimum Gasteiger partial charge on any atom is -0.497 e. The summed E-state index contributed by atoms with van der Waals surface area (Å²) in [6, 6.07) is 13.3. The number of thiazole rings is 1. The van der Waals surface area contributed by atoms with Crippen LogP contribution >= 0.6 is 11.3 Å². The van der Waals surface area contributed by atoms with Crippen LogP contribution in [0, 0.1) is 0 Å². The van der Waals surface area contributed by atoms with Gasteiger partial charge < -0.3 is 9.47 Å². The quantitative estimate of drug-likeness (QED) is 0.548. The summed E-state index contributed by atoms with van der Waals surface area (Å²) in [6.07, 6.45) is 0. The summed E-state index contributed by atoms with van der Waals surface area (Å²) >= 11 is 1.44. The minimum atomic E-state index is -3.65. The maximum Gasteiger partial charge on any atom is 0.338 e. The van der Waals surface area contributed by atoms with Crippen LogP contribution in [-0.2, 0) is 21.4 Å². The first-order valence-electron chi connectivity index (χ1n) is 8.78. The molecule has 2 aromatic carbocycles. The van der Waals surface area contributed by atoms with Gasteiger partial charge in [-0.3, -0.25) is 0 Å². The molecule has 0 aliphatic heterocycles. The number of esters is 1. The van der Waals surface area contributed by atoms with E-state index in [0.717, 1.165) is 16.3 Å². The van der Waals surface area contributed by atoms with E-state index in [0.29, 0.717) is 5.69 Å². The lowest BCUT2D eigenvalue weighted by atomic mass is 10.2. The van der Waals surface area contributed by atoms with Crippen LogP contribution in [-0.4, -0.2) is 33.0 Å². The van der Waals surface area contributed by atoms with Crippen molar-refractivity contribution in [3.05, 3.63) is 65.2 Å². The first-order chi connectivity index (χ1) is 13.9. The van der Waals surface area contributed by atoms with Gasteiger partial charge in [0.1, 0.15) is 17.4 Å². The molecule has 0 saturated heterocycles. The van der Waals surface area contributed by atoms with Crippen LogP contribution < -0.4 is 9.46 Å². The van der Waals surface area contributed by atoms with Gasteiger partial charge in [-0.1, -0.05) is 25.1 Å². The van der Waals surface area contributed by atoms with Gasteiger partial charge in [0.25, 0.3) is 0 Å². The van der Waals surface area contributed by atoms with Crippen molar-refractivity contribution in [2.24, 2.45) is 0 Å². The van der Waals surface area contributed by atoms with E-state index in [9.17, 15) is 13.2 Å². The van der Waals surface area contributed by atoms with Crippen molar-refractivity contribution < 1.29 is 22.7 Å². The second-order valence-corrected chi connectivity index (χ2v) is 8.61. The highest BCUT2D eigenvalue weighted by molar-refractivity contribution is 7.89. The first-order valence-corrected chi connectivity index (χ1v) is 11.1. The van der Waals surface area contributed by atoms with Gasteiger partial charge in [-0.05, 0) is 30.3 Å². The van der Waals surface area contributed by atoms with E-state index in [1.807, 2.05) is 29.6 Å². The highest BCUT2D eigenvalue weighted by Gasteiger charge is 2.16. The van der Waals surface area contributed by atoms with Gasteiger partial charge >= 0.3 is 5.97 Å². The third-order valence-corrected chi connectivity index (χ3v) is 6.42. The zero-order chi connectivity index (χ0) is 20.9. The Bertz CT molecular complexity index is 1110. The number of rotatable bonds is 8. The van der Waals surface area contributed by atoms with Gasteiger partial charge in [0.15, 0.2) is 0 Å². The van der Waals surface area contributed by atoms with Crippen LogP contribution in [0.5, 0.6) is 5.75 Å². The second-order valence-electron chi connectivity index (χ2n) is 5.98. The largest absolute Gasteiger partial charge is 0.497 e. The Morgan fingerprint density at radius 2 is 1.97 bits per heavy atom. The Hall–Kier alpha value is -2.75. The number of aromatic nitrogens is 1. The number of nitrogens with one attached hydrogen (secondary N) is 1. The molecule has 0 spiro atoms. The van der Waals surface area contributed by atoms with E-state index in [1.165, 1.54) is 35.6 Å². The zero-order valence-electron chi connectivity index (χ0n) is 15.9. The Labute approximate surface area is 173 Å². The number of benzene rings is 2. The van der Waals surface area contributed by atoms with Crippen LogP contribution in [0.1, 0.15) is 23.0 Å². The van der Waals surface area contributed by atoms with E-state index in [2.05, 4.69) is 9.71 Å². The Morgan fingerprint density at radius 1 is 1.17 bits per heavy atom. The third kappa shape index (κ3) is 5.20. The average molecular weight is 433 g/mol. The van der Waals surface area contributed by atoms with E-state index >= 15 is 0 Å². The van der Waals surface area contributed by atoms with Crippen molar-refractivity contribution in [1.82, 2.24) is 9.71 Å². The molecule has 0 atom stereocenters. The number of methoxy groups -OCH3 is 1. The third-order valence-electron chi connectivity index (χ3n) is 3.93. The van der Waals surface area contributed by atoms with E-state index in [4.69, 9.17) is 9.47 Å². The van der Waals surface area contributed by atoms with Crippen molar-refractivity contribution in [2.45, 2.75) is 18.4 Å². The molecule has 3 rings (SSSR count). The summed E-state index contributed by atoms with van der Waals surface area (Å²) < 4.78 is 37.1. The molecule has 0 aliphatic rings. The summed E-state index contributed by atoms with van der Waals surface area (Å²) in [7, 11) is -2.04. The zero-order valence-corrected chi connectivity index (χ0v) is 17.5. The van der Waals surface area contributed by atoms with E-state index < -0.39 is 16.0 Å². The maximum absolute atomic E-state index is 12.3. The van der Waals surface area contributed by atoms with E-state index in [-0.39, 0.29) is 23.6 Å². The molecule has 1 aromatic heterocycles. The Balaban J connectivity index is 1.68. The highest BCUT2D eigenvalue weighted by Crippen LogP contribution is 2.27. The second kappa shape index (κ2) is 9.17. The number of carbonyl (C=O) groups is 1. The number of hydrogen-bond donors (Lipinski definition) is 1. The summed E-state index contributed by atoms with van der Waals surface area (Å²) in [5.74, 6) is 0.118. The lowest BCUT2D eigenvalue weighted by molar-refractivity contribution is 0.0468. The van der Waals surface area contributed by atoms with E-state index in [1.54, 1.807) is 14.0 Å². The summed E-state index contributed by atoms with van der Waals surface area (Å²) in [5, 5.41) is 2.60. The van der Waals surface area contributed by atoms with Crippen LogP contribution in [0.4, 0.5) is 0 Å². The summed E-state index contributed by atoms with van der Waals surface area (Å²) in [6.45, 7) is 1.93. The molecule has 0 fully saturated rings. The Morgan fingerprint density at radius 3 is 2.72 bits per heavy atom. The van der Waals surface area contributed by atoms with Crippen molar-refractivity contribution >= 4 is 27.3 Å². The molecular weight excluding hydrogens is 412 g/mol. The topological polar surface area (TPSA) is 94.6 Å². The Kier molecular flexibility index (Phi) is 6.63. The number of carbonyl (C=O) groups excluding carboxylic acids is 1. The predicted octanol–water partition coefficient (Wildman–Crippen LogP) is 3.47. The maximum atomic E-state index is 12.3. The molecule has 1 heterocycles. The van der Waals surface area contributed by atoms with Crippen molar-refractivity contribution in [3.8, 4) is 16.3 Å². The number of ether oxygens (including phenoxy) is 2. The van der Waals surface area contributed by atoms with Crippen molar-refractivity contribution in [1.29, 1.82) is 0 Å². The summed E-state index contributed by atoms with van der Waals surface area (Å²) in [5.41, 5.74) is 1.68. The molecule has 0 saturated carbocycles. The van der Waals surface area contributed by atoms with Crippen LogP contribution in [0.3, 0.4) is 0 Å². The smallest absolute Gasteiger partial charge is 0.338 e. The number of sulfonamides is 1. The average Bonchev–Trinajstić information content (AvgIpc) is 3.21. The summed E-state index contributed by atoms with van der Waals surface area (Å²) in [4.78, 5) is 16.8. The molecule has 9 heteroatoms. The molecule has 0 bridgehead atoms. The van der Waals surface area contributed by atoms with Gasteiger partial charge in [-0.2, -0.15) is 0 Å².